The molecule has 0 saturated carbocycles. The van der Waals surface area contributed by atoms with E-state index in [1.807, 2.05) is 12.2 Å². The second-order valence-electron chi connectivity index (χ2n) is 9.44. The summed E-state index contributed by atoms with van der Waals surface area (Å²) in [5.74, 6) is -3.22. The molecule has 180 valence electrons. The second kappa shape index (κ2) is 8.22. The molecule has 5 rings (SSSR count). The van der Waals surface area contributed by atoms with Gasteiger partial charge in [0.2, 0.25) is 5.91 Å². The molecule has 0 radical (unpaired) electrons. The summed E-state index contributed by atoms with van der Waals surface area (Å²) in [7, 11) is 0. The minimum Gasteiger partial charge on any atom is -0.465 e. The number of aliphatic hydroxyl groups excluding tert-OH is 1. The predicted octanol–water partition coefficient (Wildman–Crippen LogP) is 2.10. The molecule has 2 fully saturated rings. The third-order valence-electron chi connectivity index (χ3n) is 7.34. The Morgan fingerprint density at radius 3 is 2.65 bits per heavy atom. The maximum Gasteiger partial charge on any atom is 0.313 e. The summed E-state index contributed by atoms with van der Waals surface area (Å²) >= 11 is 6.42. The Balaban J connectivity index is 1.69. The van der Waals surface area contributed by atoms with Crippen LogP contribution in [0.4, 0.5) is 5.69 Å². The van der Waals surface area contributed by atoms with Crippen LogP contribution in [0.2, 0.25) is 5.02 Å². The van der Waals surface area contributed by atoms with Crippen LogP contribution in [0.3, 0.4) is 0 Å². The molecule has 1 aromatic carbocycles. The van der Waals surface area contributed by atoms with Gasteiger partial charge >= 0.3 is 5.97 Å². The number of para-hydroxylation sites is 1. The molecule has 0 bridgehead atoms. The fourth-order valence-electron chi connectivity index (χ4n) is 5.88. The first-order valence-corrected chi connectivity index (χ1v) is 11.8. The molecular formula is C25H27ClN2O6. The lowest BCUT2D eigenvalue weighted by Crippen LogP contribution is -2.58. The molecule has 1 unspecified atom stereocenters. The van der Waals surface area contributed by atoms with Gasteiger partial charge in [0.1, 0.15) is 17.6 Å². The van der Waals surface area contributed by atoms with Gasteiger partial charge in [-0.2, -0.15) is 0 Å². The second-order valence-corrected chi connectivity index (χ2v) is 9.84. The number of fused-ring (bicyclic) bond motifs is 2. The number of esters is 1. The van der Waals surface area contributed by atoms with Gasteiger partial charge in [0, 0.05) is 6.54 Å². The van der Waals surface area contributed by atoms with Gasteiger partial charge in [-0.1, -0.05) is 48.0 Å². The van der Waals surface area contributed by atoms with E-state index in [0.717, 1.165) is 0 Å². The third-order valence-corrected chi connectivity index (χ3v) is 7.66. The Labute approximate surface area is 202 Å². The predicted molar refractivity (Wildman–Crippen MR) is 124 cm³/mol. The molecule has 4 aliphatic rings. The van der Waals surface area contributed by atoms with Crippen molar-refractivity contribution in [3.05, 3.63) is 53.6 Å². The Bertz CT molecular complexity index is 1100. The molecule has 4 aliphatic heterocycles. The molecule has 2 saturated heterocycles. The van der Waals surface area contributed by atoms with Crippen LogP contribution in [0.15, 0.2) is 48.6 Å². The molecule has 2 amide bonds. The number of cyclic esters (lactones) is 1. The fourth-order valence-corrected chi connectivity index (χ4v) is 6.11. The SMILES string of the molecule is C[C@H](CO)N1C(=O)[C@@H]2[C@H]3C(=O)OCCC=C[C@@]3(C)O[C@@]23C=CCN(c2ccccc2Cl)C(=O)C13. The number of amides is 2. The lowest BCUT2D eigenvalue weighted by molar-refractivity contribution is -0.160. The van der Waals surface area contributed by atoms with Crippen molar-refractivity contribution in [2.45, 2.75) is 43.6 Å². The molecule has 1 spiro atoms. The van der Waals surface area contributed by atoms with Crippen LogP contribution in [0.5, 0.6) is 0 Å². The monoisotopic (exact) mass is 486 g/mol. The molecule has 0 aromatic heterocycles. The normalized spacial score (nSPS) is 35.8. The zero-order valence-electron chi connectivity index (χ0n) is 19.0. The van der Waals surface area contributed by atoms with Crippen molar-refractivity contribution in [3.63, 3.8) is 0 Å². The largest absolute Gasteiger partial charge is 0.465 e. The Morgan fingerprint density at radius 1 is 1.15 bits per heavy atom. The van der Waals surface area contributed by atoms with Gasteiger partial charge in [-0.05, 0) is 32.4 Å². The van der Waals surface area contributed by atoms with Crippen LogP contribution in [0, 0.1) is 11.8 Å². The molecule has 34 heavy (non-hydrogen) atoms. The van der Waals surface area contributed by atoms with Crippen LogP contribution >= 0.6 is 11.6 Å². The number of halogens is 1. The number of aliphatic hydroxyl groups is 1. The van der Waals surface area contributed by atoms with Crippen LogP contribution in [0.1, 0.15) is 20.3 Å². The zero-order valence-corrected chi connectivity index (χ0v) is 19.8. The van der Waals surface area contributed by atoms with Crippen LogP contribution < -0.4 is 4.90 Å². The maximum atomic E-state index is 14.2. The quantitative estimate of drug-likeness (QED) is 0.519. The number of likely N-dealkylation sites (tertiary alicyclic amines) is 1. The van der Waals surface area contributed by atoms with E-state index in [-0.39, 0.29) is 25.7 Å². The highest BCUT2D eigenvalue weighted by Crippen LogP contribution is 2.57. The Kier molecular flexibility index (Phi) is 5.58. The average molecular weight is 487 g/mol. The molecule has 8 nitrogen and oxygen atoms in total. The smallest absolute Gasteiger partial charge is 0.313 e. The first kappa shape index (κ1) is 23.1. The van der Waals surface area contributed by atoms with Gasteiger partial charge in [0.15, 0.2) is 0 Å². The van der Waals surface area contributed by atoms with E-state index >= 15 is 0 Å². The summed E-state index contributed by atoms with van der Waals surface area (Å²) in [6, 6.07) is 5.24. The van der Waals surface area contributed by atoms with E-state index in [2.05, 4.69) is 0 Å². The lowest BCUT2D eigenvalue weighted by Gasteiger charge is -2.39. The third kappa shape index (κ3) is 3.16. The van der Waals surface area contributed by atoms with Gasteiger partial charge < -0.3 is 24.4 Å². The van der Waals surface area contributed by atoms with Gasteiger partial charge in [-0.15, -0.1) is 0 Å². The lowest BCUT2D eigenvalue weighted by atomic mass is 9.74. The summed E-state index contributed by atoms with van der Waals surface area (Å²) in [6.07, 6.45) is 7.75. The highest BCUT2D eigenvalue weighted by Gasteiger charge is 2.75. The summed E-state index contributed by atoms with van der Waals surface area (Å²) in [6.45, 7) is 3.51. The molecular weight excluding hydrogens is 460 g/mol. The highest BCUT2D eigenvalue weighted by atomic mass is 35.5. The molecule has 4 heterocycles. The topological polar surface area (TPSA) is 96.4 Å². The van der Waals surface area contributed by atoms with Crippen molar-refractivity contribution in [3.8, 4) is 0 Å². The van der Waals surface area contributed by atoms with Crippen molar-refractivity contribution < 1.29 is 29.0 Å². The summed E-state index contributed by atoms with van der Waals surface area (Å²) in [5.41, 5.74) is -2.02. The number of nitrogens with zero attached hydrogens (tertiary/aromatic N) is 2. The Morgan fingerprint density at radius 2 is 1.91 bits per heavy atom. The minimum atomic E-state index is -1.40. The summed E-state index contributed by atoms with van der Waals surface area (Å²) in [4.78, 5) is 44.1. The molecule has 0 aliphatic carbocycles. The van der Waals surface area contributed by atoms with E-state index in [1.54, 1.807) is 50.3 Å². The fraction of sp³-hybridized carbons (Fsp3) is 0.480. The first-order chi connectivity index (χ1) is 16.2. The number of rotatable bonds is 3. The van der Waals surface area contributed by atoms with Crippen molar-refractivity contribution in [2.24, 2.45) is 11.8 Å². The number of carbonyl (C=O) groups excluding carboxylic acids is 3. The average Bonchev–Trinajstić information content (AvgIpc) is 3.13. The summed E-state index contributed by atoms with van der Waals surface area (Å²) < 4.78 is 12.1. The van der Waals surface area contributed by atoms with E-state index in [4.69, 9.17) is 21.1 Å². The van der Waals surface area contributed by atoms with Gasteiger partial charge in [0.25, 0.3) is 5.91 Å². The van der Waals surface area contributed by atoms with E-state index in [0.29, 0.717) is 17.1 Å². The number of hydrogen-bond acceptors (Lipinski definition) is 6. The van der Waals surface area contributed by atoms with E-state index < -0.39 is 47.0 Å². The van der Waals surface area contributed by atoms with E-state index in [9.17, 15) is 19.5 Å². The molecule has 9 heteroatoms. The Hall–Kier alpha value is -2.68. The van der Waals surface area contributed by atoms with Gasteiger partial charge in [-0.25, -0.2) is 0 Å². The number of carbonyl (C=O) groups is 3. The highest BCUT2D eigenvalue weighted by molar-refractivity contribution is 6.34. The first-order valence-electron chi connectivity index (χ1n) is 11.5. The maximum absolute atomic E-state index is 14.2. The molecule has 6 atom stereocenters. The van der Waals surface area contributed by atoms with Crippen molar-refractivity contribution in [1.29, 1.82) is 0 Å². The molecule has 1 N–H and O–H groups in total. The van der Waals surface area contributed by atoms with E-state index in [1.165, 1.54) is 9.80 Å². The standard InChI is InChI=1S/C25H27ClN2O6/c1-15(14-29)28-20-22(31)27(17-9-4-3-8-16(17)26)12-7-11-25(20)18(21(28)30)19-23(32)33-13-6-5-10-24(19,2)34-25/h3-5,7-11,15,18-20,29H,6,12-14H2,1-2H3/t15-,18+,19+,20?,24-,25+/m1/s1. The zero-order chi connectivity index (χ0) is 24.3. The van der Waals surface area contributed by atoms with Crippen LogP contribution in [-0.2, 0) is 23.9 Å². The minimum absolute atomic E-state index is 0.213. The molecule has 1 aromatic rings. The number of benzene rings is 1. The van der Waals surface area contributed by atoms with Crippen LogP contribution in [0.25, 0.3) is 0 Å². The summed E-state index contributed by atoms with van der Waals surface area (Å²) in [5, 5.41) is 10.4. The van der Waals surface area contributed by atoms with Crippen molar-refractivity contribution >= 4 is 35.1 Å². The number of hydrogen-bond donors (Lipinski definition) is 1. The van der Waals surface area contributed by atoms with Crippen LogP contribution in [-0.4, -0.2) is 70.8 Å². The number of anilines is 1. The number of ether oxygens (including phenoxy) is 2. The van der Waals surface area contributed by atoms with Crippen molar-refractivity contribution in [1.82, 2.24) is 4.90 Å². The van der Waals surface area contributed by atoms with Gasteiger partial charge in [0.05, 0.1) is 41.5 Å². The van der Waals surface area contributed by atoms with Crippen molar-refractivity contribution in [2.75, 3.05) is 24.7 Å². The van der Waals surface area contributed by atoms with Gasteiger partial charge in [-0.3, -0.25) is 14.4 Å².